The van der Waals surface area contributed by atoms with E-state index in [1.54, 1.807) is 0 Å². The SMILES string of the molecule is CC([N-]c1c(C(C)C)cccc1C(C)C)=[NH+]c1c(C(C)C)cccc1C(C)C.CC([N-]c1c(C(C)C)cccc1C(C)C)=[NH+]c1c(C(C)C)cccc1C(C)C.C[Si](C)(C)[N-][Si](C)(C)C.C[Si](C)(C)[N-][Si](C)(C)C.[Ca+2].[Ca+2]. The first-order valence-corrected chi connectivity index (χ1v) is 42.1. The number of hydrogen-bond donors (Lipinski definition) is 2. The van der Waals surface area contributed by atoms with Gasteiger partial charge in [-0.25, -0.2) is 10.6 Å². The molecule has 0 aliphatic rings. The van der Waals surface area contributed by atoms with E-state index in [0.29, 0.717) is 47.3 Å². The average molecular weight is 1160 g/mol. The molecular weight excluding hydrogens is 1050 g/mol. The predicted octanol–water partition coefficient (Wildman–Crippen LogP) is 19.3. The van der Waals surface area contributed by atoms with Gasteiger partial charge in [0.1, 0.15) is 11.7 Å². The second kappa shape index (κ2) is 34.5. The summed E-state index contributed by atoms with van der Waals surface area (Å²) >= 11 is 0. The maximum atomic E-state index is 5.10. The van der Waals surface area contributed by atoms with Gasteiger partial charge in [0.05, 0.1) is 11.4 Å². The largest absolute Gasteiger partial charge is 2.00 e. The van der Waals surface area contributed by atoms with E-state index in [9.17, 15) is 0 Å². The molecule has 0 aliphatic carbocycles. The van der Waals surface area contributed by atoms with Crippen LogP contribution in [0, 0.1) is 0 Å². The van der Waals surface area contributed by atoms with Crippen molar-refractivity contribution in [2.75, 3.05) is 0 Å². The number of benzene rings is 4. The summed E-state index contributed by atoms with van der Waals surface area (Å²) in [5.74, 6) is 5.52. The summed E-state index contributed by atoms with van der Waals surface area (Å²) in [5.41, 5.74) is 15.4. The quantitative estimate of drug-likeness (QED) is 0.0637. The van der Waals surface area contributed by atoms with Crippen LogP contribution in [0.3, 0.4) is 0 Å². The minimum Gasteiger partial charge on any atom is -0.668 e. The third-order valence-electron chi connectivity index (χ3n) is 11.9. The molecule has 6 nitrogen and oxygen atoms in total. The van der Waals surface area contributed by atoms with Gasteiger partial charge in [-0.3, -0.25) is 0 Å². The first-order chi connectivity index (χ1) is 33.7. The Morgan fingerprint density at radius 2 is 0.461 bits per heavy atom. The molecule has 0 atom stereocenters. The Morgan fingerprint density at radius 1 is 0.303 bits per heavy atom. The molecule has 0 spiro atoms. The van der Waals surface area contributed by atoms with Gasteiger partial charge in [-0.05, 0) is 106 Å². The summed E-state index contributed by atoms with van der Waals surface area (Å²) in [6.07, 6.45) is 0. The van der Waals surface area contributed by atoms with Crippen LogP contribution in [0.1, 0.15) is 216 Å². The van der Waals surface area contributed by atoms with E-state index in [1.807, 2.05) is 0 Å². The van der Waals surface area contributed by atoms with Crippen molar-refractivity contribution >= 4 is 143 Å². The van der Waals surface area contributed by atoms with E-state index < -0.39 is 32.9 Å². The van der Waals surface area contributed by atoms with E-state index in [4.69, 9.17) is 19.9 Å². The van der Waals surface area contributed by atoms with Gasteiger partial charge in [-0.2, -0.15) is 0 Å². The van der Waals surface area contributed by atoms with Crippen LogP contribution in [0.25, 0.3) is 19.9 Å². The summed E-state index contributed by atoms with van der Waals surface area (Å²) in [6, 6.07) is 26.4. The van der Waals surface area contributed by atoms with Crippen molar-refractivity contribution in [3.8, 4) is 0 Å². The zero-order valence-corrected chi connectivity index (χ0v) is 63.2. The van der Waals surface area contributed by atoms with Gasteiger partial charge in [-0.1, -0.05) is 295 Å². The smallest absolute Gasteiger partial charge is 0.668 e. The van der Waals surface area contributed by atoms with Crippen LogP contribution in [0.4, 0.5) is 22.7 Å². The number of para-hydroxylation sites is 4. The van der Waals surface area contributed by atoms with E-state index in [-0.39, 0.29) is 75.5 Å². The second-order valence-corrected chi connectivity index (χ2v) is 46.1. The molecule has 416 valence electrons. The van der Waals surface area contributed by atoms with Gasteiger partial charge in [0.25, 0.3) is 0 Å². The molecular formula is C64H112Ca2N6Si4+2. The summed E-state index contributed by atoms with van der Waals surface area (Å²) in [7, 11) is -4.42. The molecule has 12 heteroatoms. The molecule has 0 aliphatic heterocycles. The van der Waals surface area contributed by atoms with Crippen molar-refractivity contribution in [2.24, 2.45) is 0 Å². The Balaban J connectivity index is 0. The number of amidine groups is 2. The zero-order valence-electron chi connectivity index (χ0n) is 54.8. The Labute approximate surface area is 534 Å². The maximum Gasteiger partial charge on any atom is 2.00 e. The normalized spacial score (nSPS) is 12.6. The van der Waals surface area contributed by atoms with Crippen LogP contribution in [0.2, 0.25) is 78.6 Å². The van der Waals surface area contributed by atoms with Gasteiger partial charge < -0.3 is 19.3 Å². The molecule has 0 aromatic heterocycles. The fraction of sp³-hybridized carbons (Fsp3) is 0.594. The van der Waals surface area contributed by atoms with Crippen LogP contribution in [0.5, 0.6) is 0 Å². The topological polar surface area (TPSA) is 84.3 Å². The van der Waals surface area contributed by atoms with Crippen molar-refractivity contribution in [3.05, 3.63) is 137 Å². The predicted molar refractivity (Wildman–Crippen MR) is 359 cm³/mol. The van der Waals surface area contributed by atoms with Crippen molar-refractivity contribution in [3.63, 3.8) is 0 Å². The fourth-order valence-corrected chi connectivity index (χ4v) is 25.5. The molecule has 0 amide bonds. The van der Waals surface area contributed by atoms with Gasteiger partial charge in [0, 0.05) is 11.4 Å². The summed E-state index contributed by atoms with van der Waals surface area (Å²) < 4.78 is 9.64. The Kier molecular flexibility index (Phi) is 35.1. The van der Waals surface area contributed by atoms with E-state index >= 15 is 0 Å². The summed E-state index contributed by atoms with van der Waals surface area (Å²) in [4.78, 5) is 7.35. The van der Waals surface area contributed by atoms with Crippen LogP contribution in [-0.4, -0.2) is 120 Å². The van der Waals surface area contributed by atoms with E-state index in [0.717, 1.165) is 23.0 Å². The van der Waals surface area contributed by atoms with E-state index in [2.05, 4.69) is 286 Å². The van der Waals surface area contributed by atoms with Crippen molar-refractivity contribution in [1.82, 2.24) is 0 Å². The number of rotatable bonds is 16. The van der Waals surface area contributed by atoms with E-state index in [1.165, 1.54) is 55.9 Å². The molecule has 0 unspecified atom stereocenters. The summed E-state index contributed by atoms with van der Waals surface area (Å²) in [6.45, 7) is 67.7. The second-order valence-electron chi connectivity index (χ2n) is 27.0. The molecule has 0 heterocycles. The zero-order chi connectivity index (χ0) is 57.4. The summed E-state index contributed by atoms with van der Waals surface area (Å²) in [5, 5.41) is 10.2. The van der Waals surface area contributed by atoms with Crippen molar-refractivity contribution < 1.29 is 9.98 Å². The Morgan fingerprint density at radius 3 is 0.592 bits per heavy atom. The van der Waals surface area contributed by atoms with Crippen LogP contribution < -0.4 is 9.98 Å². The molecule has 2 N–H and O–H groups in total. The van der Waals surface area contributed by atoms with Gasteiger partial charge >= 0.3 is 75.5 Å². The van der Waals surface area contributed by atoms with Gasteiger partial charge in [0.2, 0.25) is 0 Å². The van der Waals surface area contributed by atoms with Crippen LogP contribution in [0.15, 0.2) is 72.8 Å². The van der Waals surface area contributed by atoms with Crippen molar-refractivity contribution in [2.45, 2.75) is 251 Å². The molecule has 4 aromatic rings. The number of nitrogens with one attached hydrogen (secondary N) is 2. The first-order valence-electron chi connectivity index (χ1n) is 28.3. The molecule has 4 aromatic carbocycles. The molecule has 0 bridgehead atoms. The monoisotopic (exact) mass is 1160 g/mol. The van der Waals surface area contributed by atoms with Crippen LogP contribution >= 0.6 is 0 Å². The molecule has 0 radical (unpaired) electrons. The maximum absolute atomic E-state index is 5.10. The van der Waals surface area contributed by atoms with Crippen molar-refractivity contribution in [1.29, 1.82) is 0 Å². The van der Waals surface area contributed by atoms with Crippen LogP contribution in [-0.2, 0) is 0 Å². The number of nitrogens with zero attached hydrogens (tertiary/aromatic N) is 4. The number of hydrogen-bond acceptors (Lipinski definition) is 0. The standard InChI is InChI=1S/2C26H37N2.2C6H18NSi2.2Ca/c2*1-16(2)21-12-10-13-22(17(3)4)25(21)27-20(9)28-26-23(18(5)6)14-11-15-24(26)19(7)8;2*1-8(2,3)7-9(4,5)6;;/h2*10-19H,1-9H3;2*1-6H3;;/q4*-1;2*+2/p+2. The Hall–Kier alpha value is -0.873. The molecule has 0 saturated carbocycles. The minimum absolute atomic E-state index is 0. The molecule has 0 fully saturated rings. The average Bonchev–Trinajstić information content (AvgIpc) is 3.21. The molecule has 76 heavy (non-hydrogen) atoms. The Bertz CT molecular complexity index is 2100. The fourth-order valence-electron chi connectivity index (χ4n) is 9.44. The van der Waals surface area contributed by atoms with Gasteiger partial charge in [-0.15, -0.1) is 0 Å². The first kappa shape index (κ1) is 77.2. The molecule has 4 rings (SSSR count). The minimum atomic E-state index is -1.11. The van der Waals surface area contributed by atoms with Gasteiger partial charge in [0.15, 0.2) is 0 Å². The third-order valence-corrected chi connectivity index (χ3v) is 22.7. The third kappa shape index (κ3) is 28.7. The molecule has 0 saturated heterocycles.